The van der Waals surface area contributed by atoms with Gasteiger partial charge in [0.1, 0.15) is 4.88 Å². The van der Waals surface area contributed by atoms with Gasteiger partial charge in [-0.05, 0) is 38.1 Å². The lowest BCUT2D eigenvalue weighted by Gasteiger charge is -2.18. The first kappa shape index (κ1) is 19.5. The number of hydrogen-bond donors (Lipinski definition) is 1. The number of esters is 1. The van der Waals surface area contributed by atoms with Crippen LogP contribution in [0.2, 0.25) is 0 Å². The highest BCUT2D eigenvalue weighted by atomic mass is 32.1. The topological polar surface area (TPSA) is 72.5 Å². The van der Waals surface area contributed by atoms with Crippen molar-refractivity contribution in [3.63, 3.8) is 0 Å². The van der Waals surface area contributed by atoms with Crippen molar-refractivity contribution in [1.82, 2.24) is 0 Å². The Morgan fingerprint density at radius 2 is 1.71 bits per heavy atom. The summed E-state index contributed by atoms with van der Waals surface area (Å²) in [5.74, 6) is -1.15. The molecule has 0 bridgehead atoms. The van der Waals surface area contributed by atoms with Crippen molar-refractivity contribution in [1.29, 1.82) is 0 Å². The molecular formula is C22H19NO4S. The molecule has 1 aromatic heterocycles. The number of hydrogen-bond acceptors (Lipinski definition) is 5. The molecule has 0 radical (unpaired) electrons. The van der Waals surface area contributed by atoms with Crippen LogP contribution in [-0.2, 0) is 9.53 Å². The summed E-state index contributed by atoms with van der Waals surface area (Å²) in [5, 5.41) is 2.73. The fourth-order valence-corrected chi connectivity index (χ4v) is 3.38. The number of nitrogens with one attached hydrogen (secondary N) is 1. The van der Waals surface area contributed by atoms with Crippen molar-refractivity contribution < 1.29 is 19.1 Å². The number of ketones is 1. The minimum Gasteiger partial charge on any atom is -0.443 e. The molecule has 2 aromatic carbocycles. The molecular weight excluding hydrogens is 374 g/mol. The molecule has 1 atom stereocenters. The summed E-state index contributed by atoms with van der Waals surface area (Å²) in [6.07, 6.45) is -1.11. The third kappa shape index (κ3) is 4.72. The highest BCUT2D eigenvalue weighted by Gasteiger charge is 2.26. The van der Waals surface area contributed by atoms with Crippen LogP contribution in [0.25, 0.3) is 0 Å². The van der Waals surface area contributed by atoms with Gasteiger partial charge in [-0.3, -0.25) is 9.59 Å². The predicted molar refractivity (Wildman–Crippen MR) is 109 cm³/mol. The maximum atomic E-state index is 12.9. The average molecular weight is 393 g/mol. The van der Waals surface area contributed by atoms with Crippen molar-refractivity contribution in [2.24, 2.45) is 0 Å². The van der Waals surface area contributed by atoms with Gasteiger partial charge in [0, 0.05) is 21.7 Å². The van der Waals surface area contributed by atoms with E-state index in [1.165, 1.54) is 18.3 Å². The number of anilines is 1. The zero-order valence-electron chi connectivity index (χ0n) is 15.5. The Morgan fingerprint density at radius 3 is 2.36 bits per heavy atom. The largest absolute Gasteiger partial charge is 0.443 e. The second-order valence-electron chi connectivity index (χ2n) is 6.23. The van der Waals surface area contributed by atoms with Gasteiger partial charge in [0.05, 0.1) is 0 Å². The number of carbonyl (C=O) groups is 3. The maximum Gasteiger partial charge on any atom is 0.349 e. The summed E-state index contributed by atoms with van der Waals surface area (Å²) in [6, 6.07) is 18.9. The lowest BCUT2D eigenvalue weighted by Crippen LogP contribution is -2.25. The summed E-state index contributed by atoms with van der Waals surface area (Å²) >= 11 is 1.31. The van der Waals surface area contributed by atoms with Gasteiger partial charge in [-0.2, -0.15) is 0 Å². The molecule has 0 unspecified atom stereocenters. The standard InChI is InChI=1S/C22H19NO4S/c1-14-11-12-19(28-14)22(26)27-20(16-7-4-3-5-8-16)21(25)23-18-10-6-9-17(13-18)15(2)24/h3-13,20H,1-2H3,(H,23,25)/t20-/m0/s1. The second kappa shape index (κ2) is 8.63. The second-order valence-corrected chi connectivity index (χ2v) is 7.52. The molecule has 1 N–H and O–H groups in total. The van der Waals surface area contributed by atoms with Gasteiger partial charge in [-0.1, -0.05) is 42.5 Å². The SMILES string of the molecule is CC(=O)c1cccc(NC(=O)[C@@H](OC(=O)c2ccc(C)s2)c2ccccc2)c1. The molecule has 0 saturated heterocycles. The van der Waals surface area contributed by atoms with Crippen molar-refractivity contribution in [2.45, 2.75) is 20.0 Å². The van der Waals surface area contributed by atoms with E-state index in [1.807, 2.05) is 19.1 Å². The van der Waals surface area contributed by atoms with E-state index < -0.39 is 18.0 Å². The molecule has 0 saturated carbocycles. The zero-order chi connectivity index (χ0) is 20.1. The molecule has 3 rings (SSSR count). The Kier molecular flexibility index (Phi) is 6.01. The maximum absolute atomic E-state index is 12.9. The molecule has 1 amide bonds. The molecule has 0 aliphatic carbocycles. The van der Waals surface area contributed by atoms with Crippen LogP contribution in [0.15, 0.2) is 66.7 Å². The van der Waals surface area contributed by atoms with Crippen LogP contribution >= 0.6 is 11.3 Å². The summed E-state index contributed by atoms with van der Waals surface area (Å²) in [6.45, 7) is 3.35. The highest BCUT2D eigenvalue weighted by Crippen LogP contribution is 2.24. The fraction of sp³-hybridized carbons (Fsp3) is 0.136. The first-order chi connectivity index (χ1) is 13.4. The lowest BCUT2D eigenvalue weighted by atomic mass is 10.1. The van der Waals surface area contributed by atoms with E-state index in [0.29, 0.717) is 21.7 Å². The van der Waals surface area contributed by atoms with Gasteiger partial charge in [0.15, 0.2) is 5.78 Å². The summed E-state index contributed by atoms with van der Waals surface area (Å²) in [7, 11) is 0. The van der Waals surface area contributed by atoms with Crippen LogP contribution in [0.5, 0.6) is 0 Å². The summed E-state index contributed by atoms with van der Waals surface area (Å²) in [4.78, 5) is 38.4. The van der Waals surface area contributed by atoms with Crippen molar-refractivity contribution in [3.8, 4) is 0 Å². The van der Waals surface area contributed by atoms with Gasteiger partial charge < -0.3 is 10.1 Å². The smallest absolute Gasteiger partial charge is 0.349 e. The van der Waals surface area contributed by atoms with E-state index in [0.717, 1.165) is 4.88 Å². The van der Waals surface area contributed by atoms with Crippen LogP contribution in [0.1, 0.15) is 43.5 Å². The summed E-state index contributed by atoms with van der Waals surface area (Å²) in [5.41, 5.74) is 1.51. The molecule has 28 heavy (non-hydrogen) atoms. The number of thiophene rings is 1. The quantitative estimate of drug-likeness (QED) is 0.482. The van der Waals surface area contributed by atoms with Crippen molar-refractivity contribution in [2.75, 3.05) is 5.32 Å². The van der Waals surface area contributed by atoms with Gasteiger partial charge in [-0.15, -0.1) is 11.3 Å². The molecule has 3 aromatic rings. The third-order valence-corrected chi connectivity index (χ3v) is 5.02. The normalized spacial score (nSPS) is 11.5. The molecule has 6 heteroatoms. The lowest BCUT2D eigenvalue weighted by molar-refractivity contribution is -0.125. The number of ether oxygens (including phenoxy) is 1. The highest BCUT2D eigenvalue weighted by molar-refractivity contribution is 7.13. The fourth-order valence-electron chi connectivity index (χ4n) is 2.63. The van der Waals surface area contributed by atoms with Gasteiger partial charge in [0.25, 0.3) is 5.91 Å². The minimum absolute atomic E-state index is 0.102. The van der Waals surface area contributed by atoms with Gasteiger partial charge >= 0.3 is 5.97 Å². The Balaban J connectivity index is 1.84. The molecule has 0 fully saturated rings. The first-order valence-corrected chi connectivity index (χ1v) is 9.50. The first-order valence-electron chi connectivity index (χ1n) is 8.68. The van der Waals surface area contributed by atoms with E-state index >= 15 is 0 Å². The number of aryl methyl sites for hydroxylation is 1. The van der Waals surface area contributed by atoms with Crippen LogP contribution in [0.4, 0.5) is 5.69 Å². The van der Waals surface area contributed by atoms with Gasteiger partial charge in [0.2, 0.25) is 6.10 Å². The Morgan fingerprint density at radius 1 is 0.964 bits per heavy atom. The minimum atomic E-state index is -1.11. The van der Waals surface area contributed by atoms with E-state index in [1.54, 1.807) is 54.6 Å². The van der Waals surface area contributed by atoms with E-state index in [9.17, 15) is 14.4 Å². The predicted octanol–water partition coefficient (Wildman–Crippen LogP) is 4.80. The number of carbonyl (C=O) groups excluding carboxylic acids is 3. The van der Waals surface area contributed by atoms with Gasteiger partial charge in [-0.25, -0.2) is 4.79 Å². The monoisotopic (exact) mass is 393 g/mol. The molecule has 0 aliphatic rings. The van der Waals surface area contributed by atoms with E-state index in [4.69, 9.17) is 4.74 Å². The molecule has 5 nitrogen and oxygen atoms in total. The Hall–Kier alpha value is -3.25. The number of rotatable bonds is 6. The molecule has 0 spiro atoms. The number of Topliss-reactive ketones (excluding diaryl/α,β-unsaturated/α-hetero) is 1. The zero-order valence-corrected chi connectivity index (χ0v) is 16.3. The third-order valence-electron chi connectivity index (χ3n) is 4.04. The number of amides is 1. The molecule has 142 valence electrons. The van der Waals surface area contributed by atoms with Crippen LogP contribution in [0, 0.1) is 6.92 Å². The van der Waals surface area contributed by atoms with Crippen molar-refractivity contribution in [3.05, 3.63) is 87.6 Å². The van der Waals surface area contributed by atoms with Crippen LogP contribution in [0.3, 0.4) is 0 Å². The molecule has 0 aliphatic heterocycles. The van der Waals surface area contributed by atoms with Crippen molar-refractivity contribution >= 4 is 34.7 Å². The van der Waals surface area contributed by atoms with Crippen LogP contribution < -0.4 is 5.32 Å². The Bertz CT molecular complexity index is 1010. The molecule has 1 heterocycles. The Labute approximate surface area is 167 Å². The van der Waals surface area contributed by atoms with E-state index in [-0.39, 0.29) is 5.78 Å². The number of benzene rings is 2. The average Bonchev–Trinajstić information content (AvgIpc) is 3.13. The van der Waals surface area contributed by atoms with E-state index in [2.05, 4.69) is 5.32 Å². The summed E-state index contributed by atoms with van der Waals surface area (Å²) < 4.78 is 5.54. The van der Waals surface area contributed by atoms with Crippen LogP contribution in [-0.4, -0.2) is 17.7 Å².